The molecule has 3 unspecified atom stereocenters. The van der Waals surface area contributed by atoms with Crippen molar-refractivity contribution in [3.8, 4) is 0 Å². The fourth-order valence-electron chi connectivity index (χ4n) is 2.69. The van der Waals surface area contributed by atoms with Crippen LogP contribution in [0.2, 0.25) is 0 Å². The van der Waals surface area contributed by atoms with Crippen molar-refractivity contribution in [1.29, 1.82) is 0 Å². The van der Waals surface area contributed by atoms with Crippen molar-refractivity contribution in [3.63, 3.8) is 0 Å². The average molecular weight is 437 g/mol. The number of benzene rings is 1. The molecule has 0 aliphatic carbocycles. The zero-order chi connectivity index (χ0) is 23.9. The van der Waals surface area contributed by atoms with Crippen molar-refractivity contribution in [2.75, 3.05) is 0 Å². The molecule has 0 heterocycles. The maximum Gasteiger partial charge on any atom is 0.345 e. The molecule has 1 aromatic rings. The van der Waals surface area contributed by atoms with E-state index in [1.807, 2.05) is 0 Å². The van der Waals surface area contributed by atoms with Crippen LogP contribution in [0.15, 0.2) is 30.3 Å². The van der Waals surface area contributed by atoms with Gasteiger partial charge in [-0.15, -0.1) is 0 Å². The van der Waals surface area contributed by atoms with Crippen LogP contribution in [-0.2, 0) is 35.3 Å². The number of imide groups is 1. The van der Waals surface area contributed by atoms with Crippen LogP contribution in [0.1, 0.15) is 32.8 Å². The average Bonchev–Trinajstić information content (AvgIpc) is 2.70. The van der Waals surface area contributed by atoms with Crippen molar-refractivity contribution < 1.29 is 38.9 Å². The Morgan fingerprint density at radius 3 is 1.97 bits per heavy atom. The summed E-state index contributed by atoms with van der Waals surface area (Å²) in [5, 5.41) is 19.3. The number of esters is 1. The van der Waals surface area contributed by atoms with E-state index in [4.69, 9.17) is 16.2 Å². The molecule has 0 aliphatic heterocycles. The fraction of sp³-hybridized carbons (Fsp3) is 0.450. The molecular weight excluding hydrogens is 410 g/mol. The number of amides is 2. The highest BCUT2D eigenvalue weighted by Gasteiger charge is 2.60. The first-order valence-electron chi connectivity index (χ1n) is 9.41. The lowest BCUT2D eigenvalue weighted by Crippen LogP contribution is -2.69. The maximum atomic E-state index is 13.0. The van der Waals surface area contributed by atoms with Gasteiger partial charge in [-0.1, -0.05) is 44.2 Å². The molecule has 0 radical (unpaired) electrons. The first-order valence-corrected chi connectivity index (χ1v) is 9.41. The molecule has 0 aliphatic rings. The predicted octanol–water partition coefficient (Wildman–Crippen LogP) is -0.286. The van der Waals surface area contributed by atoms with Crippen LogP contribution in [-0.4, -0.2) is 62.5 Å². The quantitative estimate of drug-likeness (QED) is 0.279. The van der Waals surface area contributed by atoms with E-state index in [2.05, 4.69) is 0 Å². The summed E-state index contributed by atoms with van der Waals surface area (Å²) in [4.78, 5) is 62.6. The molecule has 11 nitrogen and oxygen atoms in total. The molecule has 2 amide bonds. The van der Waals surface area contributed by atoms with Gasteiger partial charge in [0, 0.05) is 0 Å². The van der Waals surface area contributed by atoms with Crippen LogP contribution >= 0.6 is 0 Å². The number of nitrogens with two attached hydrogens (primary N) is 2. The molecule has 11 heteroatoms. The second kappa shape index (κ2) is 10.6. The molecule has 3 atom stereocenters. The van der Waals surface area contributed by atoms with Gasteiger partial charge in [0.15, 0.2) is 0 Å². The van der Waals surface area contributed by atoms with Gasteiger partial charge in [0.05, 0.1) is 18.5 Å². The van der Waals surface area contributed by atoms with E-state index in [-0.39, 0.29) is 4.90 Å². The number of hydrogen-bond donors (Lipinski definition) is 4. The first-order chi connectivity index (χ1) is 14.4. The van der Waals surface area contributed by atoms with Gasteiger partial charge >= 0.3 is 17.9 Å². The maximum absolute atomic E-state index is 13.0. The topological polar surface area (TPSA) is 190 Å². The van der Waals surface area contributed by atoms with E-state index in [1.165, 1.54) is 13.8 Å². The van der Waals surface area contributed by atoms with Crippen molar-refractivity contribution in [3.05, 3.63) is 35.9 Å². The molecule has 1 rings (SSSR count). The van der Waals surface area contributed by atoms with Crippen LogP contribution in [0.4, 0.5) is 0 Å². The van der Waals surface area contributed by atoms with Gasteiger partial charge in [-0.2, -0.15) is 0 Å². The Morgan fingerprint density at radius 1 is 1.00 bits per heavy atom. The Kier molecular flexibility index (Phi) is 8.83. The van der Waals surface area contributed by atoms with Crippen molar-refractivity contribution in [2.45, 2.75) is 51.4 Å². The number of aliphatic carboxylic acids is 2. The third kappa shape index (κ3) is 5.86. The van der Waals surface area contributed by atoms with Gasteiger partial charge in [0.25, 0.3) is 5.54 Å². The minimum Gasteiger partial charge on any atom is -0.481 e. The zero-order valence-electron chi connectivity index (χ0n) is 17.5. The van der Waals surface area contributed by atoms with Crippen molar-refractivity contribution in [1.82, 2.24) is 4.90 Å². The number of nitrogens with zero attached hydrogens (tertiary/aromatic N) is 1. The monoisotopic (exact) mass is 437 g/mol. The van der Waals surface area contributed by atoms with Crippen LogP contribution in [0.5, 0.6) is 0 Å². The normalized spacial score (nSPS) is 14.8. The predicted molar refractivity (Wildman–Crippen MR) is 107 cm³/mol. The van der Waals surface area contributed by atoms with Gasteiger partial charge in [-0.05, 0) is 18.4 Å². The number of hydrogen-bond acceptors (Lipinski definition) is 8. The van der Waals surface area contributed by atoms with E-state index in [0.717, 1.165) is 6.92 Å². The lowest BCUT2D eigenvalue weighted by Gasteiger charge is -2.38. The number of carboxylic acids is 2. The summed E-state index contributed by atoms with van der Waals surface area (Å²) in [6.45, 7) is 3.81. The number of carbonyl (C=O) groups is 5. The summed E-state index contributed by atoms with van der Waals surface area (Å²) in [5.41, 5.74) is 8.66. The summed E-state index contributed by atoms with van der Waals surface area (Å²) < 4.78 is 5.05. The van der Waals surface area contributed by atoms with Crippen LogP contribution < -0.4 is 11.5 Å². The summed E-state index contributed by atoms with van der Waals surface area (Å²) in [6.07, 6.45) is -1.44. The van der Waals surface area contributed by atoms with Gasteiger partial charge in [-0.25, -0.2) is 9.59 Å². The molecule has 0 saturated heterocycles. The Balaban J connectivity index is 3.59. The molecule has 0 bridgehead atoms. The SMILES string of the molecule is CC(N)C(=O)N(C(=O)C(N)C(C)C)C(CC(=O)O)(C(=O)O)C(=O)OCc1ccccc1. The highest BCUT2D eigenvalue weighted by atomic mass is 16.5. The fourth-order valence-corrected chi connectivity index (χ4v) is 2.69. The van der Waals surface area contributed by atoms with E-state index >= 15 is 0 Å². The summed E-state index contributed by atoms with van der Waals surface area (Å²) in [7, 11) is 0. The standard InChI is InChI=1S/C20H27N3O8/c1-11(2)15(22)17(27)23(16(26)12(3)21)20(18(28)29,9-14(24)25)19(30)31-10-13-7-5-4-6-8-13/h4-8,11-12,15H,9-10,21-22H2,1-3H3,(H,24,25)(H,28,29). The molecule has 6 N–H and O–H groups in total. The molecule has 0 spiro atoms. The van der Waals surface area contributed by atoms with Gasteiger partial charge in [-0.3, -0.25) is 19.3 Å². The van der Waals surface area contributed by atoms with Crippen LogP contribution in [0, 0.1) is 5.92 Å². The molecule has 0 saturated carbocycles. The van der Waals surface area contributed by atoms with E-state index in [1.54, 1.807) is 30.3 Å². The summed E-state index contributed by atoms with van der Waals surface area (Å²) in [5.74, 6) is -8.52. The minimum absolute atomic E-state index is 0.0338. The number of carboxylic acid groups (broad SMARTS) is 2. The Morgan fingerprint density at radius 2 is 1.55 bits per heavy atom. The number of rotatable bonds is 10. The number of carbonyl (C=O) groups excluding carboxylic acids is 3. The summed E-state index contributed by atoms with van der Waals surface area (Å²) >= 11 is 0. The van der Waals surface area contributed by atoms with E-state index in [0.29, 0.717) is 5.56 Å². The molecule has 0 fully saturated rings. The molecule has 0 aromatic heterocycles. The van der Waals surface area contributed by atoms with Gasteiger partial charge in [0.1, 0.15) is 6.61 Å². The first kappa shape index (κ1) is 25.7. The molecular formula is C20H27N3O8. The molecule has 31 heavy (non-hydrogen) atoms. The lowest BCUT2D eigenvalue weighted by atomic mass is 9.89. The Bertz CT molecular complexity index is 840. The second-order valence-corrected chi connectivity index (χ2v) is 7.37. The van der Waals surface area contributed by atoms with E-state index < -0.39 is 66.3 Å². The third-order valence-electron chi connectivity index (χ3n) is 4.53. The smallest absolute Gasteiger partial charge is 0.345 e. The highest BCUT2D eigenvalue weighted by molar-refractivity contribution is 6.15. The third-order valence-corrected chi connectivity index (χ3v) is 4.53. The molecule has 1 aromatic carbocycles. The van der Waals surface area contributed by atoms with Crippen LogP contribution in [0.3, 0.4) is 0 Å². The highest BCUT2D eigenvalue weighted by Crippen LogP contribution is 2.27. The zero-order valence-corrected chi connectivity index (χ0v) is 17.5. The Labute approximate surface area is 178 Å². The van der Waals surface area contributed by atoms with Crippen molar-refractivity contribution in [2.24, 2.45) is 17.4 Å². The Hall–Kier alpha value is -3.31. The minimum atomic E-state index is -3.20. The lowest BCUT2D eigenvalue weighted by molar-refractivity contribution is -0.185. The number of ether oxygens (including phenoxy) is 1. The van der Waals surface area contributed by atoms with Gasteiger partial charge < -0.3 is 26.4 Å². The van der Waals surface area contributed by atoms with Crippen molar-refractivity contribution >= 4 is 29.7 Å². The van der Waals surface area contributed by atoms with Crippen LogP contribution in [0.25, 0.3) is 0 Å². The van der Waals surface area contributed by atoms with Gasteiger partial charge in [0.2, 0.25) is 11.8 Å². The molecule has 170 valence electrons. The second-order valence-electron chi connectivity index (χ2n) is 7.37. The van der Waals surface area contributed by atoms with E-state index in [9.17, 15) is 34.2 Å². The summed E-state index contributed by atoms with van der Waals surface area (Å²) in [6, 6.07) is 5.31. The largest absolute Gasteiger partial charge is 0.481 e.